The van der Waals surface area contributed by atoms with Crippen LogP contribution >= 0.6 is 11.6 Å². The highest BCUT2D eigenvalue weighted by Gasteiger charge is 2.22. The van der Waals surface area contributed by atoms with Gasteiger partial charge in [-0.3, -0.25) is 0 Å². The highest BCUT2D eigenvalue weighted by Crippen LogP contribution is 2.30. The molecule has 0 saturated carbocycles. The highest BCUT2D eigenvalue weighted by molar-refractivity contribution is 6.30. The second-order valence-electron chi connectivity index (χ2n) is 4.34. The molecule has 0 spiro atoms. The molecule has 1 aromatic carbocycles. The Balaban J connectivity index is 2.07. The van der Waals surface area contributed by atoms with Crippen LogP contribution in [0.1, 0.15) is 30.2 Å². The van der Waals surface area contributed by atoms with Crippen molar-refractivity contribution in [3.63, 3.8) is 0 Å². The lowest BCUT2D eigenvalue weighted by Gasteiger charge is -2.18. The zero-order valence-corrected chi connectivity index (χ0v) is 10.1. The maximum absolute atomic E-state index is 9.89. The van der Waals surface area contributed by atoms with Crippen LogP contribution in [0.2, 0.25) is 5.02 Å². The third kappa shape index (κ3) is 1.85. The monoisotopic (exact) mass is 248 g/mol. The topological polar surface area (TPSA) is 38.1 Å². The molecule has 4 heteroatoms. The minimum Gasteiger partial charge on any atom is -0.388 e. The van der Waals surface area contributed by atoms with Crippen LogP contribution in [0.4, 0.5) is 0 Å². The SMILES string of the molecule is OC1CCCc2c1cnn2-c1ccc(Cl)cc1. The number of aliphatic hydroxyl groups is 1. The largest absolute Gasteiger partial charge is 0.388 e. The second kappa shape index (κ2) is 4.17. The summed E-state index contributed by atoms with van der Waals surface area (Å²) in [5, 5.41) is 15.0. The van der Waals surface area contributed by atoms with E-state index in [1.165, 1.54) is 0 Å². The van der Waals surface area contributed by atoms with Crippen molar-refractivity contribution in [2.75, 3.05) is 0 Å². The molecular formula is C13H13ClN2O. The first-order valence-corrected chi connectivity index (χ1v) is 6.14. The Morgan fingerprint density at radius 1 is 1.29 bits per heavy atom. The molecule has 3 rings (SSSR count). The van der Waals surface area contributed by atoms with Crippen LogP contribution in [0.5, 0.6) is 0 Å². The van der Waals surface area contributed by atoms with E-state index in [1.807, 2.05) is 28.9 Å². The number of aromatic nitrogens is 2. The Hall–Kier alpha value is -1.32. The van der Waals surface area contributed by atoms with Crippen molar-refractivity contribution in [2.45, 2.75) is 25.4 Å². The average Bonchev–Trinajstić information content (AvgIpc) is 2.75. The lowest BCUT2D eigenvalue weighted by molar-refractivity contribution is 0.156. The maximum atomic E-state index is 9.89. The van der Waals surface area contributed by atoms with E-state index in [0.717, 1.165) is 41.2 Å². The summed E-state index contributed by atoms with van der Waals surface area (Å²) in [6.45, 7) is 0. The zero-order valence-electron chi connectivity index (χ0n) is 9.31. The Morgan fingerprint density at radius 3 is 2.82 bits per heavy atom. The van der Waals surface area contributed by atoms with Gasteiger partial charge in [-0.25, -0.2) is 4.68 Å². The third-order valence-electron chi connectivity index (χ3n) is 3.22. The van der Waals surface area contributed by atoms with Gasteiger partial charge in [0.15, 0.2) is 0 Å². The first-order valence-electron chi connectivity index (χ1n) is 5.76. The molecule has 1 aromatic heterocycles. The van der Waals surface area contributed by atoms with E-state index < -0.39 is 0 Å². The summed E-state index contributed by atoms with van der Waals surface area (Å²) in [6.07, 6.45) is 4.22. The number of benzene rings is 1. The van der Waals surface area contributed by atoms with Crippen molar-refractivity contribution in [3.05, 3.63) is 46.7 Å². The molecule has 0 fully saturated rings. The summed E-state index contributed by atoms with van der Waals surface area (Å²) in [7, 11) is 0. The van der Waals surface area contributed by atoms with Gasteiger partial charge in [0.1, 0.15) is 0 Å². The van der Waals surface area contributed by atoms with Crippen LogP contribution in [0.15, 0.2) is 30.5 Å². The van der Waals surface area contributed by atoms with Crippen LogP contribution in [-0.4, -0.2) is 14.9 Å². The molecule has 0 bridgehead atoms. The Kier molecular flexibility index (Phi) is 2.65. The van der Waals surface area contributed by atoms with E-state index >= 15 is 0 Å². The molecule has 17 heavy (non-hydrogen) atoms. The molecule has 1 unspecified atom stereocenters. The van der Waals surface area contributed by atoms with Crippen LogP contribution in [-0.2, 0) is 6.42 Å². The van der Waals surface area contributed by atoms with Gasteiger partial charge in [0.2, 0.25) is 0 Å². The van der Waals surface area contributed by atoms with Gasteiger partial charge in [0.25, 0.3) is 0 Å². The van der Waals surface area contributed by atoms with E-state index in [0.29, 0.717) is 0 Å². The van der Waals surface area contributed by atoms with Gasteiger partial charge < -0.3 is 5.11 Å². The highest BCUT2D eigenvalue weighted by atomic mass is 35.5. The summed E-state index contributed by atoms with van der Waals surface area (Å²) >= 11 is 5.87. The summed E-state index contributed by atoms with van der Waals surface area (Å²) < 4.78 is 1.90. The normalized spacial score (nSPS) is 19.1. The summed E-state index contributed by atoms with van der Waals surface area (Å²) in [5.74, 6) is 0. The summed E-state index contributed by atoms with van der Waals surface area (Å²) in [4.78, 5) is 0. The number of nitrogens with zero attached hydrogens (tertiary/aromatic N) is 2. The minimum atomic E-state index is -0.361. The Labute approximate surface area is 105 Å². The average molecular weight is 249 g/mol. The number of hydrogen-bond donors (Lipinski definition) is 1. The van der Waals surface area contributed by atoms with Crippen LogP contribution in [0.3, 0.4) is 0 Å². The molecule has 1 atom stereocenters. The third-order valence-corrected chi connectivity index (χ3v) is 3.47. The van der Waals surface area contributed by atoms with E-state index in [9.17, 15) is 5.11 Å². The fourth-order valence-corrected chi connectivity index (χ4v) is 2.46. The van der Waals surface area contributed by atoms with E-state index in [1.54, 1.807) is 6.20 Å². The smallest absolute Gasteiger partial charge is 0.0823 e. The molecule has 1 heterocycles. The Morgan fingerprint density at radius 2 is 2.06 bits per heavy atom. The molecule has 88 valence electrons. The standard InChI is InChI=1S/C13H13ClN2O/c14-9-4-6-10(7-5-9)16-12-2-1-3-13(17)11(12)8-15-16/h4-8,13,17H,1-3H2. The molecule has 0 radical (unpaired) electrons. The second-order valence-corrected chi connectivity index (χ2v) is 4.78. The number of rotatable bonds is 1. The Bertz CT molecular complexity index is 533. The fourth-order valence-electron chi connectivity index (χ4n) is 2.34. The van der Waals surface area contributed by atoms with Crippen molar-refractivity contribution in [2.24, 2.45) is 0 Å². The van der Waals surface area contributed by atoms with Gasteiger partial charge in [-0.1, -0.05) is 11.6 Å². The molecule has 1 N–H and O–H groups in total. The maximum Gasteiger partial charge on any atom is 0.0823 e. The van der Waals surface area contributed by atoms with Gasteiger partial charge in [0, 0.05) is 10.6 Å². The molecule has 2 aromatic rings. The van der Waals surface area contributed by atoms with Crippen LogP contribution in [0, 0.1) is 0 Å². The first-order chi connectivity index (χ1) is 8.25. The predicted molar refractivity (Wildman–Crippen MR) is 66.5 cm³/mol. The number of hydrogen-bond acceptors (Lipinski definition) is 2. The van der Waals surface area contributed by atoms with Crippen molar-refractivity contribution >= 4 is 11.6 Å². The molecule has 1 aliphatic rings. The van der Waals surface area contributed by atoms with Crippen molar-refractivity contribution in [1.29, 1.82) is 0 Å². The summed E-state index contributed by atoms with van der Waals surface area (Å²) in [5.41, 5.74) is 3.07. The molecule has 0 amide bonds. The fraction of sp³-hybridized carbons (Fsp3) is 0.308. The quantitative estimate of drug-likeness (QED) is 0.843. The van der Waals surface area contributed by atoms with Crippen molar-refractivity contribution in [1.82, 2.24) is 9.78 Å². The molecule has 0 saturated heterocycles. The van der Waals surface area contributed by atoms with Gasteiger partial charge in [-0.05, 0) is 43.5 Å². The lowest BCUT2D eigenvalue weighted by atomic mass is 9.95. The number of aliphatic hydroxyl groups excluding tert-OH is 1. The van der Waals surface area contributed by atoms with E-state index in [4.69, 9.17) is 11.6 Å². The van der Waals surface area contributed by atoms with Gasteiger partial charge in [0.05, 0.1) is 23.7 Å². The van der Waals surface area contributed by atoms with Crippen LogP contribution < -0.4 is 0 Å². The molecule has 1 aliphatic carbocycles. The summed E-state index contributed by atoms with van der Waals surface area (Å²) in [6, 6.07) is 7.58. The van der Waals surface area contributed by atoms with Crippen LogP contribution in [0.25, 0.3) is 5.69 Å². The van der Waals surface area contributed by atoms with E-state index in [2.05, 4.69) is 5.10 Å². The first kappa shape index (κ1) is 10.8. The minimum absolute atomic E-state index is 0.361. The van der Waals surface area contributed by atoms with Crippen molar-refractivity contribution < 1.29 is 5.11 Å². The van der Waals surface area contributed by atoms with Crippen molar-refractivity contribution in [3.8, 4) is 5.69 Å². The predicted octanol–water partition coefficient (Wildman–Crippen LogP) is 2.90. The lowest BCUT2D eigenvalue weighted by Crippen LogP contribution is -2.11. The zero-order chi connectivity index (χ0) is 11.8. The molecule has 0 aliphatic heterocycles. The van der Waals surface area contributed by atoms with Gasteiger partial charge in [-0.2, -0.15) is 5.10 Å². The molecule has 3 nitrogen and oxygen atoms in total. The molecular weight excluding hydrogens is 236 g/mol. The number of fused-ring (bicyclic) bond motifs is 1. The van der Waals surface area contributed by atoms with Gasteiger partial charge >= 0.3 is 0 Å². The van der Waals surface area contributed by atoms with E-state index in [-0.39, 0.29) is 6.10 Å². The number of halogens is 1. The van der Waals surface area contributed by atoms with Gasteiger partial charge in [-0.15, -0.1) is 0 Å².